The summed E-state index contributed by atoms with van der Waals surface area (Å²) < 4.78 is 2.00. The number of aryl methyl sites for hydroxylation is 2. The fourth-order valence-corrected chi connectivity index (χ4v) is 6.54. The molecule has 43 heavy (non-hydrogen) atoms. The first-order valence-electron chi connectivity index (χ1n) is 15.5. The Kier molecular flexibility index (Phi) is 8.47. The van der Waals surface area contributed by atoms with Crippen molar-refractivity contribution in [1.82, 2.24) is 24.7 Å². The molecule has 2 amide bonds. The second-order valence-electron chi connectivity index (χ2n) is 12.0. The van der Waals surface area contributed by atoms with Crippen LogP contribution in [0, 0.1) is 13.8 Å². The molecule has 2 aliphatic rings. The zero-order chi connectivity index (χ0) is 29.9. The first-order valence-corrected chi connectivity index (χ1v) is 15.5. The Hall–Kier alpha value is -4.17. The largest absolute Gasteiger partial charge is 0.369 e. The molecule has 1 N–H and O–H groups in total. The minimum absolute atomic E-state index is 0.0381. The number of para-hydroxylation sites is 2. The number of fused-ring (bicyclic) bond motifs is 3. The molecular formula is C35H42N6O2. The number of nitrogens with one attached hydrogen (secondary N) is 1. The standard InChI is InChI=1S/C35H42N6O2/c1-25-14-15-26(2)31(22-25)39-20-18-38(19-21-39)17-9-16-36-33(42)23-32-35(43)40(24-28-10-5-4-6-11-28)27(3)34-37-29-12-7-8-13-30(29)41(32)34/h4-8,10-15,22,27,32H,9,16-21,23-24H2,1-3H3,(H,36,42)/t27-,32-/m1/s1. The van der Waals surface area contributed by atoms with Gasteiger partial charge in [0.05, 0.1) is 23.5 Å². The average Bonchev–Trinajstić information content (AvgIpc) is 3.41. The molecule has 4 aromatic rings. The molecule has 1 aromatic heterocycles. The van der Waals surface area contributed by atoms with Crippen LogP contribution in [0.3, 0.4) is 0 Å². The highest BCUT2D eigenvalue weighted by atomic mass is 16.2. The van der Waals surface area contributed by atoms with Crippen molar-refractivity contribution in [2.75, 3.05) is 44.2 Å². The van der Waals surface area contributed by atoms with Gasteiger partial charge in [-0.25, -0.2) is 4.98 Å². The van der Waals surface area contributed by atoms with Gasteiger partial charge in [0.1, 0.15) is 11.9 Å². The summed E-state index contributed by atoms with van der Waals surface area (Å²) in [5.41, 5.74) is 6.77. The van der Waals surface area contributed by atoms with Crippen molar-refractivity contribution < 1.29 is 9.59 Å². The summed E-state index contributed by atoms with van der Waals surface area (Å²) in [6.45, 7) is 12.4. The van der Waals surface area contributed by atoms with Gasteiger partial charge in [0, 0.05) is 45.0 Å². The molecule has 1 saturated heterocycles. The number of nitrogens with zero attached hydrogens (tertiary/aromatic N) is 5. The molecule has 0 radical (unpaired) electrons. The molecule has 0 saturated carbocycles. The Morgan fingerprint density at radius 2 is 1.70 bits per heavy atom. The van der Waals surface area contributed by atoms with Crippen LogP contribution < -0.4 is 10.2 Å². The van der Waals surface area contributed by atoms with Crippen molar-refractivity contribution in [3.05, 3.63) is 95.3 Å². The summed E-state index contributed by atoms with van der Waals surface area (Å²) in [5.74, 6) is 0.689. The molecular weight excluding hydrogens is 536 g/mol. The maximum absolute atomic E-state index is 14.0. The molecule has 2 atom stereocenters. The van der Waals surface area contributed by atoms with Crippen molar-refractivity contribution in [1.29, 1.82) is 0 Å². The van der Waals surface area contributed by atoms with E-state index in [1.807, 2.05) is 71.0 Å². The van der Waals surface area contributed by atoms with Crippen molar-refractivity contribution in [2.45, 2.75) is 52.2 Å². The molecule has 0 bridgehead atoms. The Morgan fingerprint density at radius 3 is 2.49 bits per heavy atom. The van der Waals surface area contributed by atoms with E-state index in [1.54, 1.807) is 0 Å². The van der Waals surface area contributed by atoms with Gasteiger partial charge < -0.3 is 19.7 Å². The van der Waals surface area contributed by atoms with E-state index in [1.165, 1.54) is 16.8 Å². The van der Waals surface area contributed by atoms with Crippen LogP contribution in [0.5, 0.6) is 0 Å². The zero-order valence-electron chi connectivity index (χ0n) is 25.5. The number of carbonyl (C=O) groups excluding carboxylic acids is 2. The number of rotatable bonds is 9. The molecule has 3 aromatic carbocycles. The van der Waals surface area contributed by atoms with Crippen LogP contribution in [0.15, 0.2) is 72.8 Å². The SMILES string of the molecule is Cc1ccc(C)c(N2CCN(CCCNC(=O)C[C@@H]3C(=O)N(Cc4ccccc4)[C@H](C)c4nc5ccccc5n43)CC2)c1. The summed E-state index contributed by atoms with van der Waals surface area (Å²) >= 11 is 0. The van der Waals surface area contributed by atoms with Gasteiger partial charge in [-0.05, 0) is 68.6 Å². The lowest BCUT2D eigenvalue weighted by Gasteiger charge is -2.38. The quantitative estimate of drug-likeness (QED) is 0.283. The Morgan fingerprint density at radius 1 is 0.953 bits per heavy atom. The minimum Gasteiger partial charge on any atom is -0.369 e. The van der Waals surface area contributed by atoms with Crippen LogP contribution >= 0.6 is 0 Å². The number of hydrogen-bond acceptors (Lipinski definition) is 5. The third kappa shape index (κ3) is 6.15. The number of aromatic nitrogens is 2. The van der Waals surface area contributed by atoms with Crippen molar-refractivity contribution in [3.63, 3.8) is 0 Å². The topological polar surface area (TPSA) is 73.7 Å². The van der Waals surface area contributed by atoms with E-state index in [-0.39, 0.29) is 24.3 Å². The van der Waals surface area contributed by atoms with Gasteiger partial charge in [0.2, 0.25) is 11.8 Å². The van der Waals surface area contributed by atoms with Gasteiger partial charge in [-0.15, -0.1) is 0 Å². The van der Waals surface area contributed by atoms with Gasteiger partial charge in [0.25, 0.3) is 0 Å². The van der Waals surface area contributed by atoms with Crippen molar-refractivity contribution in [2.24, 2.45) is 0 Å². The molecule has 8 nitrogen and oxygen atoms in total. The molecule has 0 unspecified atom stereocenters. The van der Waals surface area contributed by atoms with E-state index in [9.17, 15) is 9.59 Å². The highest BCUT2D eigenvalue weighted by Gasteiger charge is 2.40. The summed E-state index contributed by atoms with van der Waals surface area (Å²) in [4.78, 5) is 39.0. The predicted molar refractivity (Wildman–Crippen MR) is 171 cm³/mol. The first-order chi connectivity index (χ1) is 20.9. The number of carbonyl (C=O) groups is 2. The van der Waals surface area contributed by atoms with Crippen LogP contribution in [-0.4, -0.2) is 70.4 Å². The van der Waals surface area contributed by atoms with Crippen LogP contribution in [0.2, 0.25) is 0 Å². The van der Waals surface area contributed by atoms with E-state index in [0.29, 0.717) is 13.1 Å². The van der Waals surface area contributed by atoms with E-state index >= 15 is 0 Å². The Labute approximate surface area is 254 Å². The highest BCUT2D eigenvalue weighted by molar-refractivity contribution is 5.90. The third-order valence-corrected chi connectivity index (χ3v) is 8.97. The first kappa shape index (κ1) is 28.9. The van der Waals surface area contributed by atoms with E-state index in [0.717, 1.165) is 61.6 Å². The van der Waals surface area contributed by atoms with Crippen LogP contribution in [0.4, 0.5) is 5.69 Å². The Balaban J connectivity index is 1.06. The van der Waals surface area contributed by atoms with Crippen molar-refractivity contribution in [3.8, 4) is 0 Å². The van der Waals surface area contributed by atoms with E-state index in [4.69, 9.17) is 4.98 Å². The van der Waals surface area contributed by atoms with Crippen LogP contribution in [-0.2, 0) is 16.1 Å². The fraction of sp³-hybridized carbons (Fsp3) is 0.400. The lowest BCUT2D eigenvalue weighted by molar-refractivity contribution is -0.142. The molecule has 0 aliphatic carbocycles. The van der Waals surface area contributed by atoms with Crippen LogP contribution in [0.1, 0.15) is 54.4 Å². The molecule has 8 heteroatoms. The van der Waals surface area contributed by atoms with Gasteiger partial charge in [-0.3, -0.25) is 14.5 Å². The molecule has 2 aliphatic heterocycles. The lowest BCUT2D eigenvalue weighted by atomic mass is 10.0. The summed E-state index contributed by atoms with van der Waals surface area (Å²) in [6.07, 6.45) is 0.975. The Bertz CT molecular complexity index is 1590. The van der Waals surface area contributed by atoms with Crippen LogP contribution in [0.25, 0.3) is 11.0 Å². The summed E-state index contributed by atoms with van der Waals surface area (Å²) in [7, 11) is 0. The van der Waals surface area contributed by atoms with Gasteiger partial charge in [-0.1, -0.05) is 54.6 Å². The number of imidazole rings is 1. The molecule has 1 fully saturated rings. The normalized spacial score (nSPS) is 19.1. The summed E-state index contributed by atoms with van der Waals surface area (Å²) in [5, 5.41) is 3.10. The van der Waals surface area contributed by atoms with E-state index in [2.05, 4.69) is 47.2 Å². The number of anilines is 1. The number of benzene rings is 3. The lowest BCUT2D eigenvalue weighted by Crippen LogP contribution is -2.47. The summed E-state index contributed by atoms with van der Waals surface area (Å²) in [6, 6.07) is 23.7. The maximum atomic E-state index is 14.0. The second kappa shape index (κ2) is 12.6. The van der Waals surface area contributed by atoms with Gasteiger partial charge >= 0.3 is 0 Å². The minimum atomic E-state index is -0.625. The van der Waals surface area contributed by atoms with E-state index < -0.39 is 6.04 Å². The molecule has 3 heterocycles. The number of amides is 2. The molecule has 6 rings (SSSR count). The fourth-order valence-electron chi connectivity index (χ4n) is 6.54. The zero-order valence-corrected chi connectivity index (χ0v) is 25.5. The highest BCUT2D eigenvalue weighted by Crippen LogP contribution is 2.37. The molecule has 0 spiro atoms. The van der Waals surface area contributed by atoms with Gasteiger partial charge in [-0.2, -0.15) is 0 Å². The number of hydrogen-bond donors (Lipinski definition) is 1. The average molecular weight is 579 g/mol. The number of piperazine rings is 1. The van der Waals surface area contributed by atoms with Gasteiger partial charge in [0.15, 0.2) is 0 Å². The monoisotopic (exact) mass is 578 g/mol. The van der Waals surface area contributed by atoms with Crippen molar-refractivity contribution >= 4 is 28.5 Å². The predicted octanol–water partition coefficient (Wildman–Crippen LogP) is 5.02. The maximum Gasteiger partial charge on any atom is 0.247 e. The smallest absolute Gasteiger partial charge is 0.247 e. The second-order valence-corrected chi connectivity index (χ2v) is 12.0. The molecule has 224 valence electrons. The third-order valence-electron chi connectivity index (χ3n) is 8.97.